The van der Waals surface area contributed by atoms with Crippen molar-refractivity contribution < 1.29 is 4.74 Å². The second-order valence-corrected chi connectivity index (χ2v) is 7.54. The van der Waals surface area contributed by atoms with Gasteiger partial charge in [-0.25, -0.2) is 0 Å². The molecule has 0 N–H and O–H groups in total. The Labute approximate surface area is 161 Å². The Morgan fingerprint density at radius 1 is 0.852 bits per heavy atom. The zero-order valence-electron chi connectivity index (χ0n) is 16.2. The van der Waals surface area contributed by atoms with E-state index in [4.69, 9.17) is 4.74 Å². The number of para-hydroxylation sites is 2. The Hall–Kier alpha value is -2.94. The van der Waals surface area contributed by atoms with Crippen LogP contribution in [0.4, 0.5) is 17.1 Å². The van der Waals surface area contributed by atoms with Gasteiger partial charge in [-0.15, -0.1) is 0 Å². The van der Waals surface area contributed by atoms with Gasteiger partial charge < -0.3 is 14.5 Å². The quantitative estimate of drug-likeness (QED) is 0.631. The average molecular weight is 358 g/mol. The van der Waals surface area contributed by atoms with Gasteiger partial charge in [-0.3, -0.25) is 0 Å². The van der Waals surface area contributed by atoms with Crippen molar-refractivity contribution in [1.29, 1.82) is 0 Å². The van der Waals surface area contributed by atoms with Crippen LogP contribution in [0.2, 0.25) is 0 Å². The van der Waals surface area contributed by atoms with Gasteiger partial charge in [0, 0.05) is 19.3 Å². The van der Waals surface area contributed by atoms with Crippen molar-refractivity contribution in [2.24, 2.45) is 0 Å². The zero-order chi connectivity index (χ0) is 18.9. The number of likely N-dealkylation sites (N-methyl/N-ethyl adjacent to an activating group) is 1. The Morgan fingerprint density at radius 2 is 1.48 bits per heavy atom. The van der Waals surface area contributed by atoms with Gasteiger partial charge in [0.15, 0.2) is 0 Å². The van der Waals surface area contributed by atoms with Crippen molar-refractivity contribution in [2.45, 2.75) is 18.9 Å². The van der Waals surface area contributed by atoms with Crippen LogP contribution in [0.25, 0.3) is 0 Å². The normalized spacial score (nSPS) is 18.9. The number of hydrogen-bond donors (Lipinski definition) is 0. The summed E-state index contributed by atoms with van der Waals surface area (Å²) in [6, 6.07) is 27.8. The number of benzene rings is 3. The summed E-state index contributed by atoms with van der Waals surface area (Å²) in [5.41, 5.74) is 4.98. The highest BCUT2D eigenvalue weighted by atomic mass is 16.5. The molecular weight excluding hydrogens is 332 g/mol. The zero-order valence-corrected chi connectivity index (χ0v) is 16.2. The first kappa shape index (κ1) is 17.5. The van der Waals surface area contributed by atoms with Gasteiger partial charge in [-0.1, -0.05) is 42.5 Å². The van der Waals surface area contributed by atoms with Gasteiger partial charge >= 0.3 is 0 Å². The minimum atomic E-state index is -0.0704. The smallest absolute Gasteiger partial charge is 0.119 e. The van der Waals surface area contributed by atoms with Gasteiger partial charge in [0.1, 0.15) is 5.75 Å². The van der Waals surface area contributed by atoms with Crippen LogP contribution in [0.3, 0.4) is 0 Å². The van der Waals surface area contributed by atoms with Crippen molar-refractivity contribution in [2.75, 3.05) is 30.5 Å². The lowest BCUT2D eigenvalue weighted by atomic mass is 9.86. The second kappa shape index (κ2) is 6.99. The van der Waals surface area contributed by atoms with E-state index in [0.717, 1.165) is 18.7 Å². The van der Waals surface area contributed by atoms with Crippen LogP contribution < -0.4 is 14.5 Å². The predicted octanol–water partition coefficient (Wildman–Crippen LogP) is 5.28. The van der Waals surface area contributed by atoms with Crippen molar-refractivity contribution in [3.8, 4) is 5.75 Å². The van der Waals surface area contributed by atoms with Crippen LogP contribution in [-0.2, 0) is 6.42 Å². The molecule has 1 aliphatic rings. The van der Waals surface area contributed by atoms with Crippen LogP contribution in [-0.4, -0.2) is 26.2 Å². The lowest BCUT2D eigenvalue weighted by Crippen LogP contribution is -2.56. The molecule has 1 heterocycles. The molecule has 3 aromatic rings. The molecule has 0 saturated heterocycles. The third kappa shape index (κ3) is 3.25. The number of rotatable bonds is 4. The number of ether oxygens (including phenoxy) is 1. The third-order valence-electron chi connectivity index (χ3n) is 5.41. The summed E-state index contributed by atoms with van der Waals surface area (Å²) in [5, 5.41) is 0. The van der Waals surface area contributed by atoms with Gasteiger partial charge in [-0.2, -0.15) is 0 Å². The topological polar surface area (TPSA) is 15.7 Å². The molecule has 0 bridgehead atoms. The third-order valence-corrected chi connectivity index (χ3v) is 5.41. The molecule has 0 radical (unpaired) electrons. The van der Waals surface area contributed by atoms with E-state index >= 15 is 0 Å². The van der Waals surface area contributed by atoms with E-state index in [1.807, 2.05) is 12.1 Å². The van der Waals surface area contributed by atoms with E-state index in [2.05, 4.69) is 90.5 Å². The summed E-state index contributed by atoms with van der Waals surface area (Å²) < 4.78 is 5.36. The van der Waals surface area contributed by atoms with Gasteiger partial charge in [0.25, 0.3) is 0 Å². The predicted molar refractivity (Wildman–Crippen MR) is 113 cm³/mol. The highest BCUT2D eigenvalue weighted by molar-refractivity contribution is 5.81. The van der Waals surface area contributed by atoms with Crippen LogP contribution in [0.5, 0.6) is 5.75 Å². The molecule has 0 unspecified atom stereocenters. The molecular formula is C24H26N2O. The fourth-order valence-electron chi connectivity index (χ4n) is 4.29. The monoisotopic (exact) mass is 358 g/mol. The van der Waals surface area contributed by atoms with E-state index in [1.54, 1.807) is 7.11 Å². The van der Waals surface area contributed by atoms with Crippen molar-refractivity contribution in [3.05, 3.63) is 84.4 Å². The molecule has 1 atom stereocenters. The fourth-order valence-corrected chi connectivity index (χ4v) is 4.29. The summed E-state index contributed by atoms with van der Waals surface area (Å²) in [5.74, 6) is 0.880. The summed E-state index contributed by atoms with van der Waals surface area (Å²) in [4.78, 5) is 4.87. The van der Waals surface area contributed by atoms with E-state index in [-0.39, 0.29) is 5.54 Å². The number of anilines is 3. The maximum Gasteiger partial charge on any atom is 0.119 e. The molecule has 3 heteroatoms. The van der Waals surface area contributed by atoms with E-state index in [0.29, 0.717) is 0 Å². The highest BCUT2D eigenvalue weighted by Gasteiger charge is 2.40. The molecule has 3 nitrogen and oxygen atoms in total. The average Bonchev–Trinajstić information content (AvgIpc) is 2.69. The molecule has 0 saturated carbocycles. The Kier molecular flexibility index (Phi) is 4.53. The van der Waals surface area contributed by atoms with Crippen molar-refractivity contribution in [1.82, 2.24) is 0 Å². The molecule has 27 heavy (non-hydrogen) atoms. The maximum atomic E-state index is 5.36. The number of methoxy groups -OCH3 is 1. The molecule has 0 aromatic heterocycles. The molecule has 0 amide bonds. The Morgan fingerprint density at radius 3 is 2.15 bits per heavy atom. The summed E-state index contributed by atoms with van der Waals surface area (Å²) in [7, 11) is 3.90. The largest absolute Gasteiger partial charge is 0.497 e. The fraction of sp³-hybridized carbons (Fsp3) is 0.250. The van der Waals surface area contributed by atoms with Crippen LogP contribution in [0.1, 0.15) is 12.5 Å². The van der Waals surface area contributed by atoms with Gasteiger partial charge in [-0.05, 0) is 55.3 Å². The Balaban J connectivity index is 1.83. The van der Waals surface area contributed by atoms with E-state index < -0.39 is 0 Å². The summed E-state index contributed by atoms with van der Waals surface area (Å²) in [6.07, 6.45) is 0.971. The molecule has 1 aliphatic heterocycles. The number of hydrogen-bond acceptors (Lipinski definition) is 3. The molecule has 0 spiro atoms. The minimum Gasteiger partial charge on any atom is -0.497 e. The molecule has 0 fully saturated rings. The first-order valence-electron chi connectivity index (χ1n) is 9.39. The van der Waals surface area contributed by atoms with Crippen LogP contribution >= 0.6 is 0 Å². The molecule has 0 aliphatic carbocycles. The summed E-state index contributed by atoms with van der Waals surface area (Å²) in [6.45, 7) is 3.31. The standard InChI is InChI=1S/C24H26N2O/c1-24(17-19-9-5-4-6-10-19)18-25(2)22-11-7-8-12-23(22)26(24)20-13-15-21(27-3)16-14-20/h4-16H,17-18H2,1-3H3/t24-/m0/s1. The van der Waals surface area contributed by atoms with Crippen LogP contribution in [0, 0.1) is 0 Å². The van der Waals surface area contributed by atoms with Crippen molar-refractivity contribution >= 4 is 17.1 Å². The summed E-state index contributed by atoms with van der Waals surface area (Å²) >= 11 is 0. The van der Waals surface area contributed by atoms with Gasteiger partial charge in [0.2, 0.25) is 0 Å². The lowest BCUT2D eigenvalue weighted by Gasteiger charge is -2.51. The lowest BCUT2D eigenvalue weighted by molar-refractivity contribution is 0.414. The van der Waals surface area contributed by atoms with Crippen LogP contribution in [0.15, 0.2) is 78.9 Å². The SMILES string of the molecule is COc1ccc(N2c3ccccc3N(C)C[C@]2(C)Cc2ccccc2)cc1. The number of nitrogens with zero attached hydrogens (tertiary/aromatic N) is 2. The number of fused-ring (bicyclic) bond motifs is 1. The highest BCUT2D eigenvalue weighted by Crippen LogP contribution is 2.45. The van der Waals surface area contributed by atoms with Gasteiger partial charge in [0.05, 0.1) is 24.0 Å². The van der Waals surface area contributed by atoms with E-state index in [9.17, 15) is 0 Å². The second-order valence-electron chi connectivity index (χ2n) is 7.54. The maximum absolute atomic E-state index is 5.36. The first-order chi connectivity index (χ1) is 13.1. The molecule has 138 valence electrons. The molecule has 3 aromatic carbocycles. The van der Waals surface area contributed by atoms with E-state index in [1.165, 1.54) is 22.6 Å². The molecule has 4 rings (SSSR count). The first-order valence-corrected chi connectivity index (χ1v) is 9.39. The minimum absolute atomic E-state index is 0.0704. The van der Waals surface area contributed by atoms with Crippen molar-refractivity contribution in [3.63, 3.8) is 0 Å². The Bertz CT molecular complexity index is 907.